The van der Waals surface area contributed by atoms with Crippen molar-refractivity contribution in [1.29, 1.82) is 0 Å². The van der Waals surface area contributed by atoms with Gasteiger partial charge in [0.05, 0.1) is 24.1 Å². The molecule has 0 spiro atoms. The summed E-state index contributed by atoms with van der Waals surface area (Å²) in [6.45, 7) is 9.24. The molecule has 1 aliphatic heterocycles. The highest BCUT2D eigenvalue weighted by Crippen LogP contribution is 2.41. The molecule has 35 heavy (non-hydrogen) atoms. The summed E-state index contributed by atoms with van der Waals surface area (Å²) in [5.74, 6) is 0.935. The van der Waals surface area contributed by atoms with Gasteiger partial charge >= 0.3 is 0 Å². The average Bonchev–Trinajstić information content (AvgIpc) is 3.10. The van der Waals surface area contributed by atoms with E-state index in [1.807, 2.05) is 52.2 Å². The normalized spacial score (nSPS) is 15.1. The van der Waals surface area contributed by atoms with Crippen molar-refractivity contribution in [2.45, 2.75) is 26.3 Å². The minimum absolute atomic E-state index is 0.117. The van der Waals surface area contributed by atoms with E-state index in [1.54, 1.807) is 24.2 Å². The fraction of sp³-hybridized carbons (Fsp3) is 0.357. The number of nitrogens with zero attached hydrogens (tertiary/aromatic N) is 2. The summed E-state index contributed by atoms with van der Waals surface area (Å²) < 4.78 is 17.4. The Morgan fingerprint density at radius 2 is 1.86 bits per heavy atom. The lowest BCUT2D eigenvalue weighted by molar-refractivity contribution is 0.0722. The van der Waals surface area contributed by atoms with Crippen molar-refractivity contribution in [2.75, 3.05) is 40.9 Å². The molecule has 2 heterocycles. The molecule has 0 fully saturated rings. The van der Waals surface area contributed by atoms with Crippen LogP contribution in [0.4, 0.5) is 0 Å². The van der Waals surface area contributed by atoms with E-state index in [2.05, 4.69) is 11.5 Å². The lowest BCUT2D eigenvalue weighted by Crippen LogP contribution is -2.32. The van der Waals surface area contributed by atoms with E-state index in [4.69, 9.17) is 13.9 Å². The van der Waals surface area contributed by atoms with E-state index in [0.29, 0.717) is 41.2 Å². The fourth-order valence-corrected chi connectivity index (χ4v) is 4.53. The number of hydrogen-bond donors (Lipinski definition) is 0. The van der Waals surface area contributed by atoms with Gasteiger partial charge in [-0.1, -0.05) is 18.7 Å². The maximum Gasteiger partial charge on any atom is 0.290 e. The summed E-state index contributed by atoms with van der Waals surface area (Å²) >= 11 is 0. The molecule has 0 bridgehead atoms. The Morgan fingerprint density at radius 3 is 2.54 bits per heavy atom. The summed E-state index contributed by atoms with van der Waals surface area (Å²) in [5.41, 5.74) is 3.40. The molecule has 3 aromatic rings. The molecule has 0 N–H and O–H groups in total. The van der Waals surface area contributed by atoms with Gasteiger partial charge in [-0.05, 0) is 81.9 Å². The molecule has 1 amide bonds. The van der Waals surface area contributed by atoms with Gasteiger partial charge in [0.1, 0.15) is 12.2 Å². The maximum absolute atomic E-state index is 13.8. The zero-order valence-corrected chi connectivity index (χ0v) is 21.0. The highest BCUT2D eigenvalue weighted by Gasteiger charge is 2.42. The summed E-state index contributed by atoms with van der Waals surface area (Å²) in [6.07, 6.45) is 2.42. The highest BCUT2D eigenvalue weighted by atomic mass is 16.5. The number of rotatable bonds is 9. The molecule has 2 aromatic carbocycles. The number of hydrogen-bond acceptors (Lipinski definition) is 6. The predicted molar refractivity (Wildman–Crippen MR) is 137 cm³/mol. The molecule has 0 radical (unpaired) electrons. The van der Waals surface area contributed by atoms with Crippen LogP contribution < -0.4 is 14.9 Å². The topological polar surface area (TPSA) is 72.2 Å². The van der Waals surface area contributed by atoms with Gasteiger partial charge in [-0.2, -0.15) is 0 Å². The Hall–Kier alpha value is -3.58. The van der Waals surface area contributed by atoms with Crippen LogP contribution in [0.5, 0.6) is 11.5 Å². The largest absolute Gasteiger partial charge is 0.493 e. The number of methoxy groups -OCH3 is 1. The second-order valence-corrected chi connectivity index (χ2v) is 9.17. The first-order chi connectivity index (χ1) is 16.8. The zero-order chi connectivity index (χ0) is 25.3. The van der Waals surface area contributed by atoms with E-state index in [9.17, 15) is 9.59 Å². The van der Waals surface area contributed by atoms with Crippen molar-refractivity contribution in [3.8, 4) is 11.5 Å². The van der Waals surface area contributed by atoms with E-state index < -0.39 is 6.04 Å². The van der Waals surface area contributed by atoms with Gasteiger partial charge in [-0.15, -0.1) is 0 Å². The lowest BCUT2D eigenvalue weighted by atomic mass is 9.97. The number of aryl methyl sites for hydroxylation is 2. The third kappa shape index (κ3) is 4.56. The molecule has 1 atom stereocenters. The molecule has 7 nitrogen and oxygen atoms in total. The van der Waals surface area contributed by atoms with Crippen LogP contribution in [0.15, 0.2) is 52.2 Å². The van der Waals surface area contributed by atoms with Crippen LogP contribution in [-0.4, -0.2) is 56.6 Å². The molecule has 0 saturated heterocycles. The van der Waals surface area contributed by atoms with Crippen molar-refractivity contribution in [2.24, 2.45) is 0 Å². The first-order valence-electron chi connectivity index (χ1n) is 11.7. The first-order valence-corrected chi connectivity index (χ1v) is 11.7. The van der Waals surface area contributed by atoms with Crippen molar-refractivity contribution in [3.05, 3.63) is 81.2 Å². The van der Waals surface area contributed by atoms with Gasteiger partial charge in [-0.3, -0.25) is 9.59 Å². The van der Waals surface area contributed by atoms with Gasteiger partial charge in [0, 0.05) is 6.54 Å². The zero-order valence-electron chi connectivity index (χ0n) is 21.0. The summed E-state index contributed by atoms with van der Waals surface area (Å²) in [6, 6.07) is 8.60. The van der Waals surface area contributed by atoms with Crippen molar-refractivity contribution in [1.82, 2.24) is 9.80 Å². The fourth-order valence-electron chi connectivity index (χ4n) is 4.53. The van der Waals surface area contributed by atoms with Crippen molar-refractivity contribution < 1.29 is 18.7 Å². The van der Waals surface area contributed by atoms with E-state index in [0.717, 1.165) is 29.7 Å². The smallest absolute Gasteiger partial charge is 0.290 e. The number of amides is 1. The monoisotopic (exact) mass is 476 g/mol. The third-order valence-electron chi connectivity index (χ3n) is 6.45. The van der Waals surface area contributed by atoms with Gasteiger partial charge in [0.2, 0.25) is 5.76 Å². The molecule has 0 saturated carbocycles. The Balaban J connectivity index is 1.88. The molecule has 1 aromatic heterocycles. The Kier molecular flexibility index (Phi) is 6.98. The van der Waals surface area contributed by atoms with Gasteiger partial charge < -0.3 is 23.7 Å². The van der Waals surface area contributed by atoms with E-state index in [-0.39, 0.29) is 17.1 Å². The van der Waals surface area contributed by atoms with Crippen LogP contribution in [0.2, 0.25) is 0 Å². The second-order valence-electron chi connectivity index (χ2n) is 9.17. The number of benzene rings is 2. The number of carbonyl (C=O) groups is 1. The van der Waals surface area contributed by atoms with Crippen LogP contribution >= 0.6 is 0 Å². The Labute approximate surface area is 205 Å². The summed E-state index contributed by atoms with van der Waals surface area (Å²) in [5, 5.41) is 0.484. The minimum atomic E-state index is -0.579. The quantitative estimate of drug-likeness (QED) is 0.424. The van der Waals surface area contributed by atoms with Gasteiger partial charge in [-0.25, -0.2) is 0 Å². The molecule has 0 unspecified atom stereocenters. The predicted octanol–water partition coefficient (Wildman–Crippen LogP) is 4.48. The first kappa shape index (κ1) is 24.5. The van der Waals surface area contributed by atoms with E-state index in [1.165, 1.54) is 0 Å². The number of fused-ring (bicyclic) bond motifs is 2. The lowest BCUT2D eigenvalue weighted by Gasteiger charge is -2.26. The number of ether oxygens (including phenoxy) is 2. The van der Waals surface area contributed by atoms with Gasteiger partial charge in [0.25, 0.3) is 5.91 Å². The summed E-state index contributed by atoms with van der Waals surface area (Å²) in [7, 11) is 5.55. The van der Waals surface area contributed by atoms with Crippen LogP contribution in [-0.2, 0) is 0 Å². The van der Waals surface area contributed by atoms with Crippen molar-refractivity contribution in [3.63, 3.8) is 0 Å². The molecule has 4 rings (SSSR count). The van der Waals surface area contributed by atoms with Gasteiger partial charge in [0.15, 0.2) is 16.9 Å². The maximum atomic E-state index is 13.8. The Morgan fingerprint density at radius 1 is 1.11 bits per heavy atom. The minimum Gasteiger partial charge on any atom is -0.493 e. The molecule has 1 aliphatic rings. The molecular formula is C28H32N2O5. The third-order valence-corrected chi connectivity index (χ3v) is 6.45. The molecule has 184 valence electrons. The van der Waals surface area contributed by atoms with Crippen LogP contribution in [0, 0.1) is 13.8 Å². The second kappa shape index (κ2) is 9.96. The molecular weight excluding hydrogens is 444 g/mol. The van der Waals surface area contributed by atoms with Crippen LogP contribution in [0.25, 0.3) is 11.0 Å². The molecule has 7 heteroatoms. The summed E-state index contributed by atoms with van der Waals surface area (Å²) in [4.78, 5) is 31.2. The number of carbonyl (C=O) groups excluding carboxylic acids is 1. The van der Waals surface area contributed by atoms with Crippen LogP contribution in [0.1, 0.15) is 45.3 Å². The van der Waals surface area contributed by atoms with Crippen molar-refractivity contribution >= 4 is 16.9 Å². The van der Waals surface area contributed by atoms with E-state index >= 15 is 0 Å². The average molecular weight is 477 g/mol. The van der Waals surface area contributed by atoms with Crippen LogP contribution in [0.3, 0.4) is 0 Å². The SMILES string of the molecule is C=CCOc1ccc([C@H]2c3c(oc4cc(C)c(C)cc4c3=O)C(=O)N2CCCN(C)C)cc1OC. The Bertz CT molecular complexity index is 1340. The molecule has 0 aliphatic carbocycles. The highest BCUT2D eigenvalue weighted by molar-refractivity contribution is 5.99. The standard InChI is InChI=1S/C28H32N2O5/c1-7-13-34-21-10-9-19(16-23(21)33-6)25-24-26(31)20-14-17(2)18(3)15-22(20)35-27(24)28(32)30(25)12-8-11-29(4)5/h7,9-10,14-16,25H,1,8,11-13H2,2-6H3/t25-/m0/s1.